The fourth-order valence-electron chi connectivity index (χ4n) is 1.05. The number of nitrogens with one attached hydrogen (secondary N) is 1. The summed E-state index contributed by atoms with van der Waals surface area (Å²) >= 11 is 2.07. The number of carbonyl (C=O) groups is 1. The van der Waals surface area contributed by atoms with Crippen LogP contribution in [0.4, 0.5) is 0 Å². The van der Waals surface area contributed by atoms with E-state index in [4.69, 9.17) is 5.11 Å². The first-order valence-corrected chi connectivity index (χ1v) is 7.70. The average molecular weight is 383 g/mol. The van der Waals surface area contributed by atoms with Gasteiger partial charge in [-0.1, -0.05) is 0 Å². The quantitative estimate of drug-likeness (QED) is 0.758. The lowest BCUT2D eigenvalue weighted by molar-refractivity contribution is -0.146. The standard InChI is InChI=1S/C11H14INO4S/c1-11(2,10(14)15)7-13-18(16,17)9-5-3-8(12)4-6-9/h3-6,13H,7H2,1-2H3,(H,14,15). The van der Waals surface area contributed by atoms with Gasteiger partial charge in [0.2, 0.25) is 10.0 Å². The van der Waals surface area contributed by atoms with Crippen molar-refractivity contribution in [3.63, 3.8) is 0 Å². The zero-order chi connectivity index (χ0) is 14.0. The van der Waals surface area contributed by atoms with Crippen LogP contribution in [0.25, 0.3) is 0 Å². The Kier molecular flexibility index (Phi) is 4.73. The third kappa shape index (κ3) is 3.92. The van der Waals surface area contributed by atoms with Crippen LogP contribution in [0.15, 0.2) is 29.2 Å². The van der Waals surface area contributed by atoms with Crippen LogP contribution >= 0.6 is 22.6 Å². The van der Waals surface area contributed by atoms with Crippen molar-refractivity contribution in [3.05, 3.63) is 27.8 Å². The predicted octanol–water partition coefficient (Wildman–Crippen LogP) is 1.68. The van der Waals surface area contributed by atoms with E-state index in [0.717, 1.165) is 3.57 Å². The molecule has 1 aromatic carbocycles. The second-order valence-corrected chi connectivity index (χ2v) is 7.48. The largest absolute Gasteiger partial charge is 0.481 e. The number of benzene rings is 1. The summed E-state index contributed by atoms with van der Waals surface area (Å²) in [5.41, 5.74) is -1.14. The van der Waals surface area contributed by atoms with Crippen molar-refractivity contribution in [2.45, 2.75) is 18.7 Å². The van der Waals surface area contributed by atoms with Crippen molar-refractivity contribution in [1.82, 2.24) is 4.72 Å². The van der Waals surface area contributed by atoms with Crippen molar-refractivity contribution in [3.8, 4) is 0 Å². The van der Waals surface area contributed by atoms with Crippen LogP contribution < -0.4 is 4.72 Å². The monoisotopic (exact) mass is 383 g/mol. The van der Waals surface area contributed by atoms with Gasteiger partial charge in [0.05, 0.1) is 10.3 Å². The first-order chi connectivity index (χ1) is 8.15. The van der Waals surface area contributed by atoms with E-state index in [1.165, 1.54) is 26.0 Å². The Balaban J connectivity index is 2.84. The molecule has 1 rings (SSSR count). The van der Waals surface area contributed by atoms with Crippen molar-refractivity contribution >= 4 is 38.6 Å². The summed E-state index contributed by atoms with van der Waals surface area (Å²) < 4.78 is 27.0. The maximum atomic E-state index is 11.9. The maximum Gasteiger partial charge on any atom is 0.310 e. The molecule has 2 N–H and O–H groups in total. The van der Waals surface area contributed by atoms with Crippen molar-refractivity contribution in [2.75, 3.05) is 6.54 Å². The second kappa shape index (κ2) is 5.54. The summed E-state index contributed by atoms with van der Waals surface area (Å²) in [7, 11) is -3.66. The highest BCUT2D eigenvalue weighted by atomic mass is 127. The fourth-order valence-corrected chi connectivity index (χ4v) is 2.62. The van der Waals surface area contributed by atoms with E-state index in [0.29, 0.717) is 0 Å². The molecule has 0 heterocycles. The van der Waals surface area contributed by atoms with E-state index >= 15 is 0 Å². The Morgan fingerprint density at radius 3 is 2.28 bits per heavy atom. The zero-order valence-electron chi connectivity index (χ0n) is 9.97. The lowest BCUT2D eigenvalue weighted by Crippen LogP contribution is -2.38. The summed E-state index contributed by atoms with van der Waals surface area (Å²) in [4.78, 5) is 11.0. The number of rotatable bonds is 5. The van der Waals surface area contributed by atoms with Crippen LogP contribution in [0, 0.1) is 8.99 Å². The first-order valence-electron chi connectivity index (χ1n) is 5.14. The topological polar surface area (TPSA) is 83.5 Å². The molecule has 0 aromatic heterocycles. The molecule has 0 aliphatic heterocycles. The normalized spacial score (nSPS) is 12.4. The van der Waals surface area contributed by atoms with Crippen LogP contribution in [0.5, 0.6) is 0 Å². The number of carboxylic acids is 1. The summed E-state index contributed by atoms with van der Waals surface area (Å²) in [6.45, 7) is 2.77. The van der Waals surface area contributed by atoms with Crippen molar-refractivity contribution in [1.29, 1.82) is 0 Å². The molecule has 0 bridgehead atoms. The summed E-state index contributed by atoms with van der Waals surface area (Å²) in [5, 5.41) is 8.91. The van der Waals surface area contributed by atoms with E-state index in [-0.39, 0.29) is 11.4 Å². The first kappa shape index (κ1) is 15.4. The van der Waals surface area contributed by atoms with Gasteiger partial charge in [-0.05, 0) is 60.7 Å². The fraction of sp³-hybridized carbons (Fsp3) is 0.364. The molecule has 0 saturated carbocycles. The number of halogens is 1. The van der Waals surface area contributed by atoms with Gasteiger partial charge in [0, 0.05) is 10.1 Å². The number of carboxylic acid groups (broad SMARTS) is 1. The SMILES string of the molecule is CC(C)(CNS(=O)(=O)c1ccc(I)cc1)C(=O)O. The van der Waals surface area contributed by atoms with Gasteiger partial charge in [-0.2, -0.15) is 0 Å². The van der Waals surface area contributed by atoms with Crippen LogP contribution in [-0.2, 0) is 14.8 Å². The molecule has 0 spiro atoms. The molecule has 0 atom stereocenters. The number of aliphatic carboxylic acids is 1. The Labute approximate surface area is 120 Å². The molecule has 0 aliphatic carbocycles. The van der Waals surface area contributed by atoms with Gasteiger partial charge < -0.3 is 5.11 Å². The van der Waals surface area contributed by atoms with Gasteiger partial charge in [-0.15, -0.1) is 0 Å². The van der Waals surface area contributed by atoms with Gasteiger partial charge >= 0.3 is 5.97 Å². The molecule has 7 heteroatoms. The van der Waals surface area contributed by atoms with Crippen molar-refractivity contribution in [2.24, 2.45) is 5.41 Å². The molecule has 0 radical (unpaired) electrons. The number of hydrogen-bond acceptors (Lipinski definition) is 3. The van der Waals surface area contributed by atoms with Gasteiger partial charge in [-0.25, -0.2) is 13.1 Å². The molecule has 0 saturated heterocycles. The van der Waals surface area contributed by atoms with Gasteiger partial charge in [-0.3, -0.25) is 4.79 Å². The number of hydrogen-bond donors (Lipinski definition) is 2. The minimum atomic E-state index is -3.66. The van der Waals surface area contributed by atoms with E-state index in [9.17, 15) is 13.2 Å². The minimum absolute atomic E-state index is 0.129. The molecule has 0 amide bonds. The van der Waals surface area contributed by atoms with Crippen LogP contribution in [-0.4, -0.2) is 26.0 Å². The predicted molar refractivity (Wildman–Crippen MR) is 75.8 cm³/mol. The average Bonchev–Trinajstić information content (AvgIpc) is 2.27. The third-order valence-electron chi connectivity index (χ3n) is 2.41. The third-order valence-corrected chi connectivity index (χ3v) is 4.54. The second-order valence-electron chi connectivity index (χ2n) is 4.47. The van der Waals surface area contributed by atoms with Crippen LogP contribution in [0.1, 0.15) is 13.8 Å². The van der Waals surface area contributed by atoms with Gasteiger partial charge in [0.1, 0.15) is 0 Å². The van der Waals surface area contributed by atoms with Crippen LogP contribution in [0.3, 0.4) is 0 Å². The highest BCUT2D eigenvalue weighted by molar-refractivity contribution is 14.1. The maximum absolute atomic E-state index is 11.9. The smallest absolute Gasteiger partial charge is 0.310 e. The molecule has 1 aromatic rings. The van der Waals surface area contributed by atoms with Gasteiger partial charge in [0.15, 0.2) is 0 Å². The van der Waals surface area contributed by atoms with E-state index in [1.807, 2.05) is 0 Å². The van der Waals surface area contributed by atoms with Crippen LogP contribution in [0.2, 0.25) is 0 Å². The molecule has 18 heavy (non-hydrogen) atoms. The molecular formula is C11H14INO4S. The van der Waals surface area contributed by atoms with E-state index in [2.05, 4.69) is 27.3 Å². The number of sulfonamides is 1. The van der Waals surface area contributed by atoms with E-state index < -0.39 is 21.4 Å². The lowest BCUT2D eigenvalue weighted by atomic mass is 9.95. The molecule has 0 unspecified atom stereocenters. The Bertz CT molecular complexity index is 537. The molecular weight excluding hydrogens is 369 g/mol. The lowest BCUT2D eigenvalue weighted by Gasteiger charge is -2.19. The summed E-state index contributed by atoms with van der Waals surface area (Å²) in [6, 6.07) is 6.32. The summed E-state index contributed by atoms with van der Waals surface area (Å²) in [6.07, 6.45) is 0. The molecule has 0 fully saturated rings. The molecule has 100 valence electrons. The zero-order valence-corrected chi connectivity index (χ0v) is 12.9. The minimum Gasteiger partial charge on any atom is -0.481 e. The van der Waals surface area contributed by atoms with E-state index in [1.54, 1.807) is 12.1 Å². The summed E-state index contributed by atoms with van der Waals surface area (Å²) in [5.74, 6) is -1.05. The highest BCUT2D eigenvalue weighted by Gasteiger charge is 2.29. The molecule has 5 nitrogen and oxygen atoms in total. The Hall–Kier alpha value is -0.670. The Morgan fingerprint density at radius 1 is 1.33 bits per heavy atom. The van der Waals surface area contributed by atoms with Gasteiger partial charge in [0.25, 0.3) is 0 Å². The highest BCUT2D eigenvalue weighted by Crippen LogP contribution is 2.16. The van der Waals surface area contributed by atoms with Crippen molar-refractivity contribution < 1.29 is 18.3 Å². The molecule has 0 aliphatic rings. The Morgan fingerprint density at radius 2 is 1.83 bits per heavy atom.